The molecule has 156 valence electrons. The number of phenols is 1. The summed E-state index contributed by atoms with van der Waals surface area (Å²) in [6, 6.07) is 3.44. The molecule has 2 N–H and O–H groups in total. The van der Waals surface area contributed by atoms with Gasteiger partial charge in [0.2, 0.25) is 5.91 Å². The van der Waals surface area contributed by atoms with Gasteiger partial charge in [0.15, 0.2) is 8.32 Å². The number of nitrogens with one attached hydrogen (secondary N) is 1. The molecule has 8 heteroatoms. The Hall–Kier alpha value is -1.57. The van der Waals surface area contributed by atoms with Crippen molar-refractivity contribution in [3.05, 3.63) is 22.7 Å². The summed E-state index contributed by atoms with van der Waals surface area (Å²) in [5, 5.41) is 14.9. The van der Waals surface area contributed by atoms with Crippen molar-refractivity contribution in [3.8, 4) is 11.5 Å². The summed E-state index contributed by atoms with van der Waals surface area (Å²) < 4.78 is 11.9. The second-order valence-corrected chi connectivity index (χ2v) is 13.9. The smallest absolute Gasteiger partial charge is 0.240 e. The van der Waals surface area contributed by atoms with Crippen molar-refractivity contribution in [2.75, 3.05) is 13.2 Å². The average Bonchev–Trinajstić information content (AvgIpc) is 2.58. The minimum atomic E-state index is -1.76. The van der Waals surface area contributed by atoms with Gasteiger partial charge in [-0.15, -0.1) is 0 Å². The van der Waals surface area contributed by atoms with Gasteiger partial charge in [-0.05, 0) is 30.3 Å². The van der Waals surface area contributed by atoms with Gasteiger partial charge in [-0.1, -0.05) is 39.3 Å². The molecule has 0 spiro atoms. The molecule has 0 bridgehead atoms. The summed E-state index contributed by atoms with van der Waals surface area (Å²) in [7, 11) is -1.76. The van der Waals surface area contributed by atoms with Crippen LogP contribution >= 0.6 is 11.6 Å². The minimum absolute atomic E-state index is 0.0848. The number of nitrogens with zero attached hydrogens (tertiary/aromatic N) is 1. The Labute approximate surface area is 173 Å². The normalized spacial score (nSPS) is 17.9. The van der Waals surface area contributed by atoms with E-state index in [-0.39, 0.29) is 27.6 Å². The standard InChI is InChI=1S/C20H31ClN2O4Si/c1-13-12-16(24)22-23-18(13)14-8-9-15(17(21)19(14)25)26-10-7-11-27-28(5,6)20(2,3)4/h8-9,13,25H,7,10-12H2,1-6H3,(H,22,24). The lowest BCUT2D eigenvalue weighted by atomic mass is 9.93. The van der Waals surface area contributed by atoms with Gasteiger partial charge in [0, 0.05) is 30.9 Å². The Morgan fingerprint density at radius 2 is 2.00 bits per heavy atom. The van der Waals surface area contributed by atoms with E-state index in [4.69, 9.17) is 20.8 Å². The second kappa shape index (κ2) is 8.84. The maximum absolute atomic E-state index is 11.4. The number of rotatable bonds is 7. The Bertz CT molecular complexity index is 759. The Balaban J connectivity index is 1.96. The monoisotopic (exact) mass is 426 g/mol. The van der Waals surface area contributed by atoms with Gasteiger partial charge in [0.05, 0.1) is 12.3 Å². The lowest BCUT2D eigenvalue weighted by Gasteiger charge is -2.36. The molecule has 2 rings (SSSR count). The van der Waals surface area contributed by atoms with E-state index in [1.54, 1.807) is 12.1 Å². The highest BCUT2D eigenvalue weighted by atomic mass is 35.5. The third kappa shape index (κ3) is 5.27. The van der Waals surface area contributed by atoms with Crippen LogP contribution < -0.4 is 10.2 Å². The van der Waals surface area contributed by atoms with Crippen LogP contribution in [0.25, 0.3) is 0 Å². The molecule has 0 radical (unpaired) electrons. The SMILES string of the molecule is CC1CC(=O)NN=C1c1ccc(OCCCO[Si](C)(C)C(C)(C)C)c(Cl)c1O. The Morgan fingerprint density at radius 3 is 2.61 bits per heavy atom. The molecular formula is C20H31ClN2O4Si. The lowest BCUT2D eigenvalue weighted by molar-refractivity contribution is -0.121. The molecule has 1 aliphatic heterocycles. The van der Waals surface area contributed by atoms with E-state index < -0.39 is 8.32 Å². The third-order valence-corrected chi connectivity index (χ3v) is 10.3. The number of halogens is 1. The molecule has 28 heavy (non-hydrogen) atoms. The molecule has 0 saturated carbocycles. The van der Waals surface area contributed by atoms with Gasteiger partial charge >= 0.3 is 0 Å². The van der Waals surface area contributed by atoms with E-state index in [0.717, 1.165) is 6.42 Å². The number of hydrogen-bond acceptors (Lipinski definition) is 5. The predicted octanol–water partition coefficient (Wildman–Crippen LogP) is 4.70. The number of ether oxygens (including phenoxy) is 1. The van der Waals surface area contributed by atoms with Crippen LogP contribution in [0.2, 0.25) is 23.2 Å². The molecule has 1 amide bonds. The van der Waals surface area contributed by atoms with E-state index in [1.807, 2.05) is 6.92 Å². The molecule has 1 heterocycles. The fourth-order valence-corrected chi connectivity index (χ4v) is 3.93. The minimum Gasteiger partial charge on any atom is -0.506 e. The number of phenolic OH excluding ortho intramolecular Hbond substituents is 1. The van der Waals surface area contributed by atoms with Crippen molar-refractivity contribution in [1.82, 2.24) is 5.43 Å². The molecular weight excluding hydrogens is 396 g/mol. The quantitative estimate of drug-likeness (QED) is 0.489. The molecule has 1 aromatic rings. The number of aromatic hydroxyl groups is 1. The molecule has 1 unspecified atom stereocenters. The van der Waals surface area contributed by atoms with Gasteiger partial charge in [0.25, 0.3) is 0 Å². The van der Waals surface area contributed by atoms with Crippen LogP contribution in [0.5, 0.6) is 11.5 Å². The number of benzene rings is 1. The topological polar surface area (TPSA) is 80.2 Å². The van der Waals surface area contributed by atoms with Crippen molar-refractivity contribution in [2.24, 2.45) is 11.0 Å². The number of carbonyl (C=O) groups is 1. The molecule has 0 aliphatic carbocycles. The van der Waals surface area contributed by atoms with E-state index in [1.165, 1.54) is 0 Å². The molecule has 1 aliphatic rings. The molecule has 6 nitrogen and oxygen atoms in total. The predicted molar refractivity (Wildman–Crippen MR) is 115 cm³/mol. The maximum Gasteiger partial charge on any atom is 0.240 e. The number of hydrazone groups is 1. The average molecular weight is 427 g/mol. The van der Waals surface area contributed by atoms with Crippen LogP contribution in [0, 0.1) is 5.92 Å². The summed E-state index contributed by atoms with van der Waals surface area (Å²) in [6.07, 6.45) is 1.06. The summed E-state index contributed by atoms with van der Waals surface area (Å²) in [4.78, 5) is 11.4. The number of carbonyl (C=O) groups excluding carboxylic acids is 1. The van der Waals surface area contributed by atoms with E-state index in [9.17, 15) is 9.90 Å². The summed E-state index contributed by atoms with van der Waals surface area (Å²) in [6.45, 7) is 14.0. The summed E-state index contributed by atoms with van der Waals surface area (Å²) >= 11 is 6.30. The Morgan fingerprint density at radius 1 is 1.32 bits per heavy atom. The van der Waals surface area contributed by atoms with Gasteiger partial charge in [-0.25, -0.2) is 5.43 Å². The van der Waals surface area contributed by atoms with Crippen molar-refractivity contribution in [1.29, 1.82) is 0 Å². The van der Waals surface area contributed by atoms with Gasteiger partial charge < -0.3 is 14.3 Å². The summed E-state index contributed by atoms with van der Waals surface area (Å²) in [5.41, 5.74) is 3.56. The van der Waals surface area contributed by atoms with E-state index in [0.29, 0.717) is 36.7 Å². The first-order chi connectivity index (χ1) is 12.9. The van der Waals surface area contributed by atoms with Crippen LogP contribution in [0.15, 0.2) is 17.2 Å². The van der Waals surface area contributed by atoms with Crippen molar-refractivity contribution < 1.29 is 19.1 Å². The van der Waals surface area contributed by atoms with E-state index >= 15 is 0 Å². The zero-order chi connectivity index (χ0) is 21.1. The molecule has 0 saturated heterocycles. The molecule has 0 aromatic heterocycles. The van der Waals surface area contributed by atoms with Crippen molar-refractivity contribution in [2.45, 2.75) is 58.7 Å². The van der Waals surface area contributed by atoms with E-state index in [2.05, 4.69) is 44.4 Å². The van der Waals surface area contributed by atoms with Crippen LogP contribution in [0.1, 0.15) is 46.1 Å². The van der Waals surface area contributed by atoms with Crippen molar-refractivity contribution in [3.63, 3.8) is 0 Å². The summed E-state index contributed by atoms with van der Waals surface area (Å²) in [5.74, 6) is 0.0958. The Kier molecular flexibility index (Phi) is 7.17. The molecule has 1 atom stereocenters. The highest BCUT2D eigenvalue weighted by Gasteiger charge is 2.36. The van der Waals surface area contributed by atoms with Crippen LogP contribution in [0.4, 0.5) is 0 Å². The first-order valence-corrected chi connectivity index (χ1v) is 12.9. The van der Waals surface area contributed by atoms with Gasteiger partial charge in [-0.2, -0.15) is 5.10 Å². The number of amides is 1. The first-order valence-electron chi connectivity index (χ1n) is 9.59. The van der Waals surface area contributed by atoms with Crippen LogP contribution in [-0.2, 0) is 9.22 Å². The largest absolute Gasteiger partial charge is 0.506 e. The fourth-order valence-electron chi connectivity index (χ4n) is 2.63. The highest BCUT2D eigenvalue weighted by molar-refractivity contribution is 6.74. The third-order valence-electron chi connectivity index (χ3n) is 5.43. The molecule has 0 fully saturated rings. The zero-order valence-corrected chi connectivity index (χ0v) is 19.3. The van der Waals surface area contributed by atoms with Crippen molar-refractivity contribution >= 4 is 31.5 Å². The fraction of sp³-hybridized carbons (Fsp3) is 0.600. The second-order valence-electron chi connectivity index (χ2n) is 8.72. The highest BCUT2D eigenvalue weighted by Crippen LogP contribution is 2.38. The lowest BCUT2D eigenvalue weighted by Crippen LogP contribution is -2.41. The van der Waals surface area contributed by atoms with Crippen LogP contribution in [-0.4, -0.2) is 38.3 Å². The van der Waals surface area contributed by atoms with Gasteiger partial charge in [-0.3, -0.25) is 4.79 Å². The number of hydrogen-bond donors (Lipinski definition) is 2. The van der Waals surface area contributed by atoms with Crippen LogP contribution in [0.3, 0.4) is 0 Å². The molecule has 1 aromatic carbocycles. The maximum atomic E-state index is 11.4. The zero-order valence-electron chi connectivity index (χ0n) is 17.6. The first kappa shape index (κ1) is 22.7. The van der Waals surface area contributed by atoms with Gasteiger partial charge in [0.1, 0.15) is 16.5 Å².